The van der Waals surface area contributed by atoms with Crippen LogP contribution in [0.15, 0.2) is 78.3 Å². The van der Waals surface area contributed by atoms with Crippen molar-refractivity contribution in [2.24, 2.45) is 16.5 Å². The third-order valence-corrected chi connectivity index (χ3v) is 8.73. The van der Waals surface area contributed by atoms with Gasteiger partial charge in [0.25, 0.3) is 0 Å². The fourth-order valence-corrected chi connectivity index (χ4v) is 5.98. The molecule has 0 spiro atoms. The lowest BCUT2D eigenvalue weighted by Crippen LogP contribution is -2.60. The van der Waals surface area contributed by atoms with Gasteiger partial charge in [0.05, 0.1) is 19.4 Å². The molecule has 3 heterocycles. The molecule has 0 radical (unpaired) electrons. The highest BCUT2D eigenvalue weighted by Crippen LogP contribution is 2.19. The van der Waals surface area contributed by atoms with Gasteiger partial charge in [-0.15, -0.1) is 0 Å². The SMILES string of the molecule is NC(N)=NCCC[C@H]1NC(=O)[C@@H](Cc2ccccc2)NC(=O)[C@@H](Cc2cnc[nH]2)NC(=O)CNC(=O)CNC(=O)[C@H](Cc2c[nH]c3ccccc23)NC1=O. The number of H-pyrrole nitrogens is 2. The molecule has 2 aromatic heterocycles. The number of benzene rings is 2. The summed E-state index contributed by atoms with van der Waals surface area (Å²) in [6.07, 6.45) is 5.01. The number of carbonyl (C=O) groups excluding carboxylic acids is 6. The number of nitrogens with zero attached hydrogens (tertiary/aromatic N) is 2. The molecule has 284 valence electrons. The van der Waals surface area contributed by atoms with E-state index in [0.717, 1.165) is 16.5 Å². The number of carbonyl (C=O) groups is 6. The van der Waals surface area contributed by atoms with Crippen molar-refractivity contribution in [2.75, 3.05) is 19.6 Å². The van der Waals surface area contributed by atoms with E-state index in [9.17, 15) is 28.8 Å². The van der Waals surface area contributed by atoms with E-state index in [2.05, 4.69) is 51.8 Å². The van der Waals surface area contributed by atoms with Crippen molar-refractivity contribution in [2.45, 2.75) is 56.3 Å². The minimum Gasteiger partial charge on any atom is -0.370 e. The maximum absolute atomic E-state index is 14.1. The summed E-state index contributed by atoms with van der Waals surface area (Å²) in [5, 5.41) is 16.7. The predicted molar refractivity (Wildman–Crippen MR) is 198 cm³/mol. The van der Waals surface area contributed by atoms with Crippen LogP contribution in [0.25, 0.3) is 10.9 Å². The Morgan fingerprint density at radius 1 is 0.685 bits per heavy atom. The Kier molecular flexibility index (Phi) is 13.3. The van der Waals surface area contributed by atoms with Crippen LogP contribution < -0.4 is 43.4 Å². The minimum absolute atomic E-state index is 0.0190. The van der Waals surface area contributed by atoms with Gasteiger partial charge in [0.1, 0.15) is 24.2 Å². The van der Waals surface area contributed by atoms with Crippen LogP contribution in [0.4, 0.5) is 0 Å². The lowest BCUT2D eigenvalue weighted by Gasteiger charge is -2.27. The zero-order valence-corrected chi connectivity index (χ0v) is 29.4. The van der Waals surface area contributed by atoms with E-state index in [1.807, 2.05) is 24.3 Å². The van der Waals surface area contributed by atoms with Crippen LogP contribution in [0, 0.1) is 0 Å². The maximum Gasteiger partial charge on any atom is 0.243 e. The van der Waals surface area contributed by atoms with Crippen LogP contribution in [0.3, 0.4) is 0 Å². The largest absolute Gasteiger partial charge is 0.370 e. The molecular formula is C36H44N12O6. The normalized spacial score (nSPS) is 20.7. The number of hydrogen-bond acceptors (Lipinski definition) is 8. The molecule has 18 heteroatoms. The zero-order chi connectivity index (χ0) is 38.5. The second kappa shape index (κ2) is 18.7. The number of nitrogens with one attached hydrogen (secondary N) is 8. The molecule has 0 bridgehead atoms. The van der Waals surface area contributed by atoms with Crippen molar-refractivity contribution in [1.29, 1.82) is 0 Å². The van der Waals surface area contributed by atoms with Crippen LogP contribution in [0.2, 0.25) is 0 Å². The van der Waals surface area contributed by atoms with Crippen molar-refractivity contribution in [3.05, 3.63) is 90.1 Å². The number of aromatic nitrogens is 3. The number of imidazole rings is 1. The molecule has 0 aliphatic carbocycles. The molecule has 0 unspecified atom stereocenters. The Bertz CT molecular complexity index is 1960. The van der Waals surface area contributed by atoms with Gasteiger partial charge in [0.15, 0.2) is 5.96 Å². The number of hydrogen-bond donors (Lipinski definition) is 10. The third kappa shape index (κ3) is 11.1. The molecule has 4 atom stereocenters. The van der Waals surface area contributed by atoms with Crippen molar-refractivity contribution in [3.63, 3.8) is 0 Å². The Morgan fingerprint density at radius 3 is 2.06 bits per heavy atom. The summed E-state index contributed by atoms with van der Waals surface area (Å²) < 4.78 is 0. The molecule has 1 fully saturated rings. The maximum atomic E-state index is 14.1. The van der Waals surface area contributed by atoms with Gasteiger partial charge in [-0.2, -0.15) is 0 Å². The first-order valence-electron chi connectivity index (χ1n) is 17.4. The molecular weight excluding hydrogens is 696 g/mol. The fourth-order valence-electron chi connectivity index (χ4n) is 5.98. The average molecular weight is 741 g/mol. The predicted octanol–water partition coefficient (Wildman–Crippen LogP) is -1.84. The van der Waals surface area contributed by atoms with E-state index in [-0.39, 0.29) is 44.6 Å². The Morgan fingerprint density at radius 2 is 1.33 bits per heavy atom. The fraction of sp³-hybridized carbons (Fsp3) is 0.333. The first kappa shape index (κ1) is 38.5. The second-order valence-corrected chi connectivity index (χ2v) is 12.8. The molecule has 1 aliphatic heterocycles. The van der Waals surface area contributed by atoms with Crippen molar-refractivity contribution in [3.8, 4) is 0 Å². The molecule has 0 saturated carbocycles. The van der Waals surface area contributed by atoms with Gasteiger partial charge in [-0.05, 0) is 30.0 Å². The van der Waals surface area contributed by atoms with Gasteiger partial charge in [0, 0.05) is 54.8 Å². The smallest absolute Gasteiger partial charge is 0.243 e. The number of guanidine groups is 1. The Balaban J connectivity index is 1.47. The average Bonchev–Trinajstić information content (AvgIpc) is 3.83. The summed E-state index contributed by atoms with van der Waals surface area (Å²) in [5.41, 5.74) is 13.8. The Hall–Kier alpha value is -6.72. The highest BCUT2D eigenvalue weighted by molar-refractivity contribution is 5.97. The molecule has 6 amide bonds. The summed E-state index contributed by atoms with van der Waals surface area (Å²) in [6.45, 7) is -0.869. The van der Waals surface area contributed by atoms with Gasteiger partial charge in [-0.1, -0.05) is 48.5 Å². The molecule has 18 nitrogen and oxygen atoms in total. The first-order chi connectivity index (χ1) is 26.0. The second-order valence-electron chi connectivity index (χ2n) is 12.8. The van der Waals surface area contributed by atoms with E-state index in [4.69, 9.17) is 11.5 Å². The van der Waals surface area contributed by atoms with Crippen molar-refractivity contribution < 1.29 is 28.8 Å². The van der Waals surface area contributed by atoms with Gasteiger partial charge in [0.2, 0.25) is 35.4 Å². The number of nitrogens with two attached hydrogens (primary N) is 2. The molecule has 5 rings (SSSR count). The van der Waals surface area contributed by atoms with E-state index in [1.165, 1.54) is 12.5 Å². The molecule has 4 aromatic rings. The number of fused-ring (bicyclic) bond motifs is 1. The number of para-hydroxylation sites is 1. The van der Waals surface area contributed by atoms with E-state index >= 15 is 0 Å². The molecule has 1 saturated heterocycles. The molecule has 54 heavy (non-hydrogen) atoms. The monoisotopic (exact) mass is 740 g/mol. The third-order valence-electron chi connectivity index (χ3n) is 8.73. The van der Waals surface area contributed by atoms with Crippen molar-refractivity contribution >= 4 is 52.3 Å². The van der Waals surface area contributed by atoms with Crippen LogP contribution in [0.5, 0.6) is 0 Å². The van der Waals surface area contributed by atoms with E-state index in [0.29, 0.717) is 11.3 Å². The van der Waals surface area contributed by atoms with Gasteiger partial charge in [-0.25, -0.2) is 4.98 Å². The van der Waals surface area contributed by atoms with Gasteiger partial charge >= 0.3 is 0 Å². The van der Waals surface area contributed by atoms with Gasteiger partial charge < -0.3 is 53.3 Å². The number of rotatable bonds is 10. The molecule has 12 N–H and O–H groups in total. The van der Waals surface area contributed by atoms with E-state index < -0.39 is 72.7 Å². The molecule has 1 aliphatic rings. The summed E-state index contributed by atoms with van der Waals surface area (Å²) in [7, 11) is 0. The number of aliphatic imine (C=N–C) groups is 1. The standard InChI is InChI=1S/C36H44N12O6/c37-36(38)40-12-6-11-26-33(52)48-28(14-22-16-41-25-10-5-4-9-24(22)25)32(51)43-18-30(49)42-19-31(50)45-29(15-23-17-39-20-44-23)35(54)47-27(34(53)46-26)13-21-7-2-1-3-8-21/h1-5,7-10,16-17,20,26-29,41H,6,11-15,18-19H2,(H,39,44)(H,42,49)(H,43,51)(H,45,50)(H,46,53)(H,47,54)(H,48,52)(H4,37,38,40)/t26-,27-,28+,29-/m1/s1. The summed E-state index contributed by atoms with van der Waals surface area (Å²) in [5.74, 6) is -4.26. The summed E-state index contributed by atoms with van der Waals surface area (Å²) in [6, 6.07) is 11.6. The number of aromatic amines is 2. The summed E-state index contributed by atoms with van der Waals surface area (Å²) >= 11 is 0. The van der Waals surface area contributed by atoms with E-state index in [1.54, 1.807) is 36.5 Å². The topological polar surface area (TPSA) is 283 Å². The highest BCUT2D eigenvalue weighted by atomic mass is 16.2. The number of amides is 6. The highest BCUT2D eigenvalue weighted by Gasteiger charge is 2.32. The van der Waals surface area contributed by atoms with Crippen molar-refractivity contribution in [1.82, 2.24) is 46.9 Å². The van der Waals surface area contributed by atoms with Gasteiger partial charge in [-0.3, -0.25) is 33.8 Å². The quantitative estimate of drug-likeness (QED) is 0.0496. The Labute approximate surface area is 310 Å². The minimum atomic E-state index is -1.21. The zero-order valence-electron chi connectivity index (χ0n) is 29.4. The lowest BCUT2D eigenvalue weighted by atomic mass is 10.0. The van der Waals surface area contributed by atoms with Crippen LogP contribution in [-0.4, -0.2) is 100 Å². The lowest BCUT2D eigenvalue weighted by molar-refractivity contribution is -0.135. The van der Waals surface area contributed by atoms with Crippen LogP contribution in [0.1, 0.15) is 29.7 Å². The first-order valence-corrected chi connectivity index (χ1v) is 17.4. The summed E-state index contributed by atoms with van der Waals surface area (Å²) in [4.78, 5) is 95.4. The van der Waals surface area contributed by atoms with Crippen LogP contribution in [-0.2, 0) is 48.0 Å². The van der Waals surface area contributed by atoms with Crippen LogP contribution >= 0.6 is 0 Å². The molecule has 2 aromatic carbocycles.